The fraction of sp³-hybridized carbons (Fsp3) is 0.308. The Labute approximate surface area is 214 Å². The molecule has 0 amide bonds. The summed E-state index contributed by atoms with van der Waals surface area (Å²) in [6, 6.07) is 14.6. The van der Waals surface area contributed by atoms with Gasteiger partial charge in [0, 0.05) is 43.3 Å². The van der Waals surface area contributed by atoms with E-state index in [1.165, 1.54) is 34.6 Å². The van der Waals surface area contributed by atoms with E-state index in [9.17, 15) is 21.6 Å². The lowest BCUT2D eigenvalue weighted by molar-refractivity contribution is 0.00546. The van der Waals surface area contributed by atoms with E-state index in [4.69, 9.17) is 16.3 Å². The lowest BCUT2D eigenvalue weighted by atomic mass is 10.1. The van der Waals surface area contributed by atoms with Crippen LogP contribution in [0.4, 0.5) is 13.2 Å². The van der Waals surface area contributed by atoms with E-state index < -0.39 is 33.6 Å². The summed E-state index contributed by atoms with van der Waals surface area (Å²) >= 11 is 6.01. The molecule has 1 heterocycles. The largest absolute Gasteiger partial charge is 0.367 e. The number of benzene rings is 3. The molecule has 0 spiro atoms. The maximum absolute atomic E-state index is 14.1. The summed E-state index contributed by atoms with van der Waals surface area (Å²) in [5.74, 6) is -1.93. The third-order valence-corrected chi connectivity index (χ3v) is 8.42. The van der Waals surface area contributed by atoms with Crippen LogP contribution in [0.2, 0.25) is 5.02 Å². The highest BCUT2D eigenvalue weighted by Crippen LogP contribution is 2.26. The summed E-state index contributed by atoms with van der Waals surface area (Å²) in [5.41, 5.74) is 1.00. The number of sulfonamides is 1. The summed E-state index contributed by atoms with van der Waals surface area (Å²) in [6.07, 6.45) is -0.532. The first-order chi connectivity index (χ1) is 17.1. The van der Waals surface area contributed by atoms with Gasteiger partial charge in [-0.05, 0) is 54.4 Å². The van der Waals surface area contributed by atoms with Crippen molar-refractivity contribution in [3.05, 3.63) is 99.8 Å². The van der Waals surface area contributed by atoms with Gasteiger partial charge in [-0.1, -0.05) is 35.9 Å². The zero-order chi connectivity index (χ0) is 25.9. The molecule has 1 saturated heterocycles. The standard InChI is InChI=1S/C26H26ClF3N2O3S/c1-18-5-10-21(15-25(18)30)36(33,34)32-13-11-31(12-14-32)16-26(19-6-8-20(27)9-7-19)35-17-22-23(28)3-2-4-24(22)29/h2-10,15,26H,11-14,16-17H2,1H3. The van der Waals surface area contributed by atoms with E-state index in [-0.39, 0.29) is 30.2 Å². The van der Waals surface area contributed by atoms with Gasteiger partial charge in [-0.15, -0.1) is 0 Å². The fourth-order valence-electron chi connectivity index (χ4n) is 4.06. The van der Waals surface area contributed by atoms with Gasteiger partial charge in [0.25, 0.3) is 0 Å². The van der Waals surface area contributed by atoms with Crippen molar-refractivity contribution in [2.75, 3.05) is 32.7 Å². The van der Waals surface area contributed by atoms with Gasteiger partial charge in [0.05, 0.1) is 17.6 Å². The third-order valence-electron chi connectivity index (χ3n) is 6.27. The Hall–Kier alpha value is -2.43. The molecule has 1 unspecified atom stereocenters. The number of aryl methyl sites for hydroxylation is 1. The van der Waals surface area contributed by atoms with Crippen molar-refractivity contribution < 1.29 is 26.3 Å². The molecule has 0 aromatic heterocycles. The number of hydrogen-bond donors (Lipinski definition) is 0. The van der Waals surface area contributed by atoms with Crippen LogP contribution in [0, 0.1) is 24.4 Å². The van der Waals surface area contributed by atoms with E-state index in [0.29, 0.717) is 30.2 Å². The van der Waals surface area contributed by atoms with Crippen LogP contribution in [0.1, 0.15) is 22.8 Å². The number of piperazine rings is 1. The predicted octanol–water partition coefficient (Wildman–Crippen LogP) is 5.33. The smallest absolute Gasteiger partial charge is 0.243 e. The molecule has 4 rings (SSSR count). The highest BCUT2D eigenvalue weighted by Gasteiger charge is 2.30. The molecular formula is C26H26ClF3N2O3S. The van der Waals surface area contributed by atoms with Crippen molar-refractivity contribution in [2.45, 2.75) is 24.5 Å². The monoisotopic (exact) mass is 538 g/mol. The van der Waals surface area contributed by atoms with Crippen molar-refractivity contribution >= 4 is 21.6 Å². The summed E-state index contributed by atoms with van der Waals surface area (Å²) in [4.78, 5) is 1.95. The van der Waals surface area contributed by atoms with Gasteiger partial charge in [0.2, 0.25) is 10.0 Å². The second-order valence-corrected chi connectivity index (χ2v) is 11.0. The average Bonchev–Trinajstić information content (AvgIpc) is 2.85. The van der Waals surface area contributed by atoms with Crippen LogP contribution in [0.3, 0.4) is 0 Å². The lowest BCUT2D eigenvalue weighted by Crippen LogP contribution is -2.49. The Morgan fingerprint density at radius 1 is 0.917 bits per heavy atom. The predicted molar refractivity (Wildman–Crippen MR) is 132 cm³/mol. The Morgan fingerprint density at radius 2 is 1.56 bits per heavy atom. The second kappa shape index (κ2) is 11.3. The molecule has 0 N–H and O–H groups in total. The van der Waals surface area contributed by atoms with Crippen LogP contribution in [0.15, 0.2) is 65.6 Å². The van der Waals surface area contributed by atoms with Crippen LogP contribution in [0.25, 0.3) is 0 Å². The number of rotatable bonds is 8. The zero-order valence-electron chi connectivity index (χ0n) is 19.6. The molecule has 1 aliphatic heterocycles. The van der Waals surface area contributed by atoms with Crippen LogP contribution < -0.4 is 0 Å². The van der Waals surface area contributed by atoms with Crippen LogP contribution >= 0.6 is 11.6 Å². The molecule has 1 atom stereocenters. The molecule has 3 aromatic carbocycles. The third kappa shape index (κ3) is 6.10. The molecule has 0 saturated carbocycles. The average molecular weight is 539 g/mol. The van der Waals surface area contributed by atoms with Crippen molar-refractivity contribution in [3.8, 4) is 0 Å². The zero-order valence-corrected chi connectivity index (χ0v) is 21.2. The van der Waals surface area contributed by atoms with Gasteiger partial charge in [0.15, 0.2) is 0 Å². The summed E-state index contributed by atoms with van der Waals surface area (Å²) in [5, 5.41) is 0.545. The van der Waals surface area contributed by atoms with Crippen LogP contribution in [0.5, 0.6) is 0 Å². The first-order valence-corrected chi connectivity index (χ1v) is 13.3. The topological polar surface area (TPSA) is 49.9 Å². The number of hydrogen-bond acceptors (Lipinski definition) is 4. The molecule has 10 heteroatoms. The van der Waals surface area contributed by atoms with E-state index >= 15 is 0 Å². The van der Waals surface area contributed by atoms with E-state index in [2.05, 4.69) is 0 Å². The highest BCUT2D eigenvalue weighted by molar-refractivity contribution is 7.89. The van der Waals surface area contributed by atoms with Crippen molar-refractivity contribution in [2.24, 2.45) is 0 Å². The minimum atomic E-state index is -3.83. The Kier molecular flexibility index (Phi) is 8.37. The van der Waals surface area contributed by atoms with E-state index in [0.717, 1.165) is 11.6 Å². The molecule has 0 bridgehead atoms. The molecular weight excluding hydrogens is 513 g/mol. The first-order valence-electron chi connectivity index (χ1n) is 11.4. The molecule has 36 heavy (non-hydrogen) atoms. The highest BCUT2D eigenvalue weighted by atomic mass is 35.5. The summed E-state index contributed by atoms with van der Waals surface area (Å²) in [6.45, 7) is 2.94. The minimum absolute atomic E-state index is 0.0756. The Morgan fingerprint density at radius 3 is 2.17 bits per heavy atom. The SMILES string of the molecule is Cc1ccc(S(=O)(=O)N2CCN(CC(OCc3c(F)cccc3F)c3ccc(Cl)cc3)CC2)cc1F. The second-order valence-electron chi connectivity index (χ2n) is 8.67. The molecule has 1 fully saturated rings. The van der Waals surface area contributed by atoms with Crippen molar-refractivity contribution in [3.63, 3.8) is 0 Å². The number of halogens is 4. The van der Waals surface area contributed by atoms with Gasteiger partial charge in [0.1, 0.15) is 17.5 Å². The number of ether oxygens (including phenoxy) is 1. The Balaban J connectivity index is 1.44. The molecule has 0 aliphatic carbocycles. The van der Waals surface area contributed by atoms with Gasteiger partial charge in [-0.25, -0.2) is 21.6 Å². The molecule has 5 nitrogen and oxygen atoms in total. The summed E-state index contributed by atoms with van der Waals surface area (Å²) in [7, 11) is -3.83. The molecule has 3 aromatic rings. The normalized spacial score (nSPS) is 16.2. The van der Waals surface area contributed by atoms with Gasteiger partial charge >= 0.3 is 0 Å². The van der Waals surface area contributed by atoms with E-state index in [1.807, 2.05) is 4.90 Å². The molecule has 192 valence electrons. The van der Waals surface area contributed by atoms with Gasteiger partial charge < -0.3 is 4.74 Å². The minimum Gasteiger partial charge on any atom is -0.367 e. The van der Waals surface area contributed by atoms with Crippen LogP contribution in [-0.2, 0) is 21.4 Å². The Bertz CT molecular complexity index is 1290. The molecule has 0 radical (unpaired) electrons. The lowest BCUT2D eigenvalue weighted by Gasteiger charge is -2.36. The van der Waals surface area contributed by atoms with Gasteiger partial charge in [-0.3, -0.25) is 4.90 Å². The fourth-order valence-corrected chi connectivity index (χ4v) is 5.62. The first kappa shape index (κ1) is 26.6. The maximum atomic E-state index is 14.1. The summed E-state index contributed by atoms with van der Waals surface area (Å²) < 4.78 is 75.5. The quantitative estimate of drug-likeness (QED) is 0.389. The van der Waals surface area contributed by atoms with Gasteiger partial charge in [-0.2, -0.15) is 4.31 Å². The van der Waals surface area contributed by atoms with Crippen molar-refractivity contribution in [1.82, 2.24) is 9.21 Å². The van der Waals surface area contributed by atoms with Crippen molar-refractivity contribution in [1.29, 1.82) is 0 Å². The maximum Gasteiger partial charge on any atom is 0.243 e. The van der Waals surface area contributed by atoms with Crippen LogP contribution in [-0.4, -0.2) is 50.3 Å². The van der Waals surface area contributed by atoms with E-state index in [1.54, 1.807) is 31.2 Å². The number of nitrogens with zero attached hydrogens (tertiary/aromatic N) is 2. The molecule has 1 aliphatic rings.